The number of carbonyl (C=O) groups excluding carboxylic acids is 1. The highest BCUT2D eigenvalue weighted by Gasteiger charge is 2.40. The van der Waals surface area contributed by atoms with Crippen LogP contribution < -0.4 is 5.32 Å². The first-order chi connectivity index (χ1) is 8.06. The van der Waals surface area contributed by atoms with E-state index in [0.29, 0.717) is 0 Å². The highest BCUT2D eigenvalue weighted by molar-refractivity contribution is 5.81. The maximum absolute atomic E-state index is 12.1. The van der Waals surface area contributed by atoms with E-state index < -0.39 is 5.97 Å². The fourth-order valence-corrected chi connectivity index (χ4v) is 2.37. The molecule has 0 heterocycles. The van der Waals surface area contributed by atoms with Crippen LogP contribution in [0.25, 0.3) is 0 Å². The van der Waals surface area contributed by atoms with Gasteiger partial charge in [0.2, 0.25) is 0 Å². The molecular formula is C12H20N2O3. The van der Waals surface area contributed by atoms with E-state index >= 15 is 0 Å². The van der Waals surface area contributed by atoms with Crippen molar-refractivity contribution in [1.29, 1.82) is 0 Å². The predicted molar refractivity (Wildman–Crippen MR) is 62.8 cm³/mol. The minimum Gasteiger partial charge on any atom is -0.480 e. The number of nitrogens with zero attached hydrogens (tertiary/aromatic N) is 1. The SMILES string of the molecule is CCC1(NC(=O)N(CC(=O)O)C2CC2)CCC1. The largest absolute Gasteiger partial charge is 0.480 e. The zero-order valence-corrected chi connectivity index (χ0v) is 10.2. The lowest BCUT2D eigenvalue weighted by molar-refractivity contribution is -0.137. The van der Waals surface area contributed by atoms with Gasteiger partial charge in [-0.3, -0.25) is 4.79 Å². The summed E-state index contributed by atoms with van der Waals surface area (Å²) in [5.74, 6) is -0.939. The quantitative estimate of drug-likeness (QED) is 0.766. The summed E-state index contributed by atoms with van der Waals surface area (Å²) in [4.78, 5) is 24.3. The standard InChI is InChI=1S/C12H20N2O3/c1-2-12(6-3-7-12)13-11(17)14(8-10(15)16)9-4-5-9/h9H,2-8H2,1H3,(H,13,17)(H,15,16). The molecule has 0 unspecified atom stereocenters. The number of urea groups is 1. The average molecular weight is 240 g/mol. The topological polar surface area (TPSA) is 69.6 Å². The summed E-state index contributed by atoms with van der Waals surface area (Å²) in [5, 5.41) is 11.8. The number of aliphatic carboxylic acids is 1. The highest BCUT2D eigenvalue weighted by Crippen LogP contribution is 2.35. The van der Waals surface area contributed by atoms with Gasteiger partial charge < -0.3 is 15.3 Å². The molecule has 2 aliphatic carbocycles. The molecule has 2 N–H and O–H groups in total. The van der Waals surface area contributed by atoms with Crippen LogP contribution in [-0.2, 0) is 4.79 Å². The Morgan fingerprint density at radius 2 is 2.06 bits per heavy atom. The lowest BCUT2D eigenvalue weighted by atomic mass is 9.75. The maximum Gasteiger partial charge on any atom is 0.323 e. The molecule has 17 heavy (non-hydrogen) atoms. The fraction of sp³-hybridized carbons (Fsp3) is 0.833. The molecule has 96 valence electrons. The zero-order chi connectivity index (χ0) is 12.5. The molecule has 2 aliphatic rings. The molecule has 5 heteroatoms. The Balaban J connectivity index is 1.94. The molecule has 2 amide bonds. The summed E-state index contributed by atoms with van der Waals surface area (Å²) >= 11 is 0. The molecule has 2 fully saturated rings. The third-order valence-corrected chi connectivity index (χ3v) is 3.91. The van der Waals surface area contributed by atoms with Gasteiger partial charge in [0.05, 0.1) is 0 Å². The Morgan fingerprint density at radius 3 is 2.41 bits per heavy atom. The molecule has 0 radical (unpaired) electrons. The molecule has 0 aromatic rings. The van der Waals surface area contributed by atoms with Crippen molar-refractivity contribution in [3.05, 3.63) is 0 Å². The van der Waals surface area contributed by atoms with Crippen LogP contribution in [0.1, 0.15) is 45.4 Å². The minimum atomic E-state index is -0.939. The van der Waals surface area contributed by atoms with E-state index in [1.807, 2.05) is 0 Å². The molecule has 5 nitrogen and oxygen atoms in total. The van der Waals surface area contributed by atoms with Crippen molar-refractivity contribution in [2.24, 2.45) is 0 Å². The van der Waals surface area contributed by atoms with Crippen molar-refractivity contribution in [3.8, 4) is 0 Å². The smallest absolute Gasteiger partial charge is 0.323 e. The molecule has 0 aromatic carbocycles. The van der Waals surface area contributed by atoms with E-state index in [9.17, 15) is 9.59 Å². The van der Waals surface area contributed by atoms with Crippen LogP contribution in [0.5, 0.6) is 0 Å². The molecule has 0 bridgehead atoms. The van der Waals surface area contributed by atoms with Gasteiger partial charge in [0.1, 0.15) is 6.54 Å². The number of amides is 2. The number of hydrogen-bond acceptors (Lipinski definition) is 2. The van der Waals surface area contributed by atoms with E-state index in [0.717, 1.165) is 38.5 Å². The van der Waals surface area contributed by atoms with E-state index in [4.69, 9.17) is 5.11 Å². The van der Waals surface area contributed by atoms with E-state index in [1.54, 1.807) is 0 Å². The molecule has 2 saturated carbocycles. The summed E-state index contributed by atoms with van der Waals surface area (Å²) in [6.45, 7) is 1.88. The van der Waals surface area contributed by atoms with Gasteiger partial charge in [-0.15, -0.1) is 0 Å². The Bertz CT molecular complexity index is 316. The van der Waals surface area contributed by atoms with Gasteiger partial charge in [-0.1, -0.05) is 6.92 Å². The Labute approximate surface area is 101 Å². The van der Waals surface area contributed by atoms with E-state index in [-0.39, 0.29) is 24.2 Å². The van der Waals surface area contributed by atoms with Crippen molar-refractivity contribution >= 4 is 12.0 Å². The summed E-state index contributed by atoms with van der Waals surface area (Å²) in [6.07, 6.45) is 5.96. The minimum absolute atomic E-state index is 0.0667. The van der Waals surface area contributed by atoms with Crippen molar-refractivity contribution in [1.82, 2.24) is 10.2 Å². The maximum atomic E-state index is 12.1. The van der Waals surface area contributed by atoms with Crippen LogP contribution in [-0.4, -0.2) is 40.1 Å². The van der Waals surface area contributed by atoms with Crippen LogP contribution in [0, 0.1) is 0 Å². The number of nitrogens with one attached hydrogen (secondary N) is 1. The van der Waals surface area contributed by atoms with Crippen molar-refractivity contribution in [2.75, 3.05) is 6.54 Å². The van der Waals surface area contributed by atoms with Crippen LogP contribution >= 0.6 is 0 Å². The summed E-state index contributed by atoms with van der Waals surface area (Å²) in [5.41, 5.74) is -0.0667. The van der Waals surface area contributed by atoms with E-state index in [1.165, 1.54) is 4.90 Å². The van der Waals surface area contributed by atoms with Gasteiger partial charge in [-0.05, 0) is 38.5 Å². The molecule has 0 aliphatic heterocycles. The third-order valence-electron chi connectivity index (χ3n) is 3.91. The number of carboxylic acid groups (broad SMARTS) is 1. The summed E-state index contributed by atoms with van der Waals surface area (Å²) < 4.78 is 0. The molecule has 0 atom stereocenters. The second kappa shape index (κ2) is 4.55. The number of carboxylic acids is 1. The summed E-state index contributed by atoms with van der Waals surface area (Å²) in [7, 11) is 0. The zero-order valence-electron chi connectivity index (χ0n) is 10.2. The first-order valence-electron chi connectivity index (χ1n) is 6.37. The third kappa shape index (κ3) is 2.70. The van der Waals surface area contributed by atoms with Gasteiger partial charge in [-0.2, -0.15) is 0 Å². The first kappa shape index (κ1) is 12.2. The predicted octanol–water partition coefficient (Wildman–Crippen LogP) is 1.58. The van der Waals surface area contributed by atoms with Gasteiger partial charge in [0.15, 0.2) is 0 Å². The molecule has 2 rings (SSSR count). The molecule has 0 spiro atoms. The molecular weight excluding hydrogens is 220 g/mol. The first-order valence-corrected chi connectivity index (χ1v) is 6.37. The lowest BCUT2D eigenvalue weighted by Gasteiger charge is -2.43. The normalized spacial score (nSPS) is 21.5. The van der Waals surface area contributed by atoms with Crippen LogP contribution in [0.2, 0.25) is 0 Å². The van der Waals surface area contributed by atoms with Gasteiger partial charge >= 0.3 is 12.0 Å². The Hall–Kier alpha value is -1.26. The average Bonchev–Trinajstić information content (AvgIpc) is 3.03. The van der Waals surface area contributed by atoms with Crippen LogP contribution in [0.3, 0.4) is 0 Å². The van der Waals surface area contributed by atoms with Crippen molar-refractivity contribution in [2.45, 2.75) is 57.0 Å². The Kier molecular flexibility index (Phi) is 3.26. The van der Waals surface area contributed by atoms with Crippen molar-refractivity contribution in [3.63, 3.8) is 0 Å². The number of hydrogen-bond donors (Lipinski definition) is 2. The second-order valence-corrected chi connectivity index (χ2v) is 5.17. The van der Waals surface area contributed by atoms with Gasteiger partial charge in [0.25, 0.3) is 0 Å². The molecule has 0 saturated heterocycles. The number of carbonyl (C=O) groups is 2. The van der Waals surface area contributed by atoms with Gasteiger partial charge in [0, 0.05) is 11.6 Å². The highest BCUT2D eigenvalue weighted by atomic mass is 16.4. The van der Waals surface area contributed by atoms with Gasteiger partial charge in [-0.25, -0.2) is 4.79 Å². The molecule has 0 aromatic heterocycles. The fourth-order valence-electron chi connectivity index (χ4n) is 2.37. The van der Waals surface area contributed by atoms with Crippen molar-refractivity contribution < 1.29 is 14.7 Å². The second-order valence-electron chi connectivity index (χ2n) is 5.17. The van der Waals surface area contributed by atoms with E-state index in [2.05, 4.69) is 12.2 Å². The van der Waals surface area contributed by atoms with Crippen LogP contribution in [0.15, 0.2) is 0 Å². The van der Waals surface area contributed by atoms with Crippen LogP contribution in [0.4, 0.5) is 4.79 Å². The Morgan fingerprint density at radius 1 is 1.41 bits per heavy atom. The number of rotatable bonds is 5. The lowest BCUT2D eigenvalue weighted by Crippen LogP contribution is -2.57. The summed E-state index contributed by atoms with van der Waals surface area (Å²) in [6, 6.07) is -0.0588. The monoisotopic (exact) mass is 240 g/mol.